The highest BCUT2D eigenvalue weighted by atomic mass is 19.1. The van der Waals surface area contributed by atoms with Crippen molar-refractivity contribution in [2.45, 2.75) is 6.92 Å². The molecule has 1 heterocycles. The van der Waals surface area contributed by atoms with Gasteiger partial charge in [-0.1, -0.05) is 0 Å². The van der Waals surface area contributed by atoms with E-state index < -0.39 is 0 Å². The summed E-state index contributed by atoms with van der Waals surface area (Å²) in [4.78, 5) is 0. The van der Waals surface area contributed by atoms with Crippen molar-refractivity contribution in [3.05, 3.63) is 23.8 Å². The molecule has 8 heavy (non-hydrogen) atoms. The van der Waals surface area contributed by atoms with Crippen LogP contribution in [0.15, 0.2) is 12.3 Å². The zero-order valence-electron chi connectivity index (χ0n) is 4.98. The molecule has 0 amide bonds. The molecule has 0 fully saturated rings. The summed E-state index contributed by atoms with van der Waals surface area (Å²) < 4.78 is 13.8. The zero-order valence-corrected chi connectivity index (χ0v) is 4.98. The summed E-state index contributed by atoms with van der Waals surface area (Å²) in [5.41, 5.74) is 0.963. The lowest BCUT2D eigenvalue weighted by atomic mass is 10.4. The van der Waals surface area contributed by atoms with E-state index in [4.69, 9.17) is 0 Å². The Labute approximate surface area is 47.7 Å². The lowest BCUT2D eigenvalue weighted by Gasteiger charge is -1.85. The van der Waals surface area contributed by atoms with Crippen molar-refractivity contribution in [2.75, 3.05) is 0 Å². The fourth-order valence-electron chi connectivity index (χ4n) is 0.694. The third-order valence-electron chi connectivity index (χ3n) is 1.08. The van der Waals surface area contributed by atoms with E-state index in [0.717, 1.165) is 5.56 Å². The van der Waals surface area contributed by atoms with Gasteiger partial charge in [-0.05, 0) is 18.6 Å². The molecule has 0 atom stereocenters. The van der Waals surface area contributed by atoms with Crippen molar-refractivity contribution in [1.29, 1.82) is 0 Å². The summed E-state index contributed by atoms with van der Waals surface area (Å²) in [7, 11) is 1.68. The highest BCUT2D eigenvalue weighted by Crippen LogP contribution is 2.01. The minimum absolute atomic E-state index is 0.178. The second-order valence-electron chi connectivity index (χ2n) is 1.95. The molecule has 0 spiro atoms. The molecule has 0 aliphatic carbocycles. The fourth-order valence-corrected chi connectivity index (χ4v) is 0.694. The van der Waals surface area contributed by atoms with Gasteiger partial charge >= 0.3 is 0 Å². The smallest absolute Gasteiger partial charge is 0.193 e. The van der Waals surface area contributed by atoms with Crippen molar-refractivity contribution >= 4 is 0 Å². The van der Waals surface area contributed by atoms with Gasteiger partial charge in [0.1, 0.15) is 0 Å². The van der Waals surface area contributed by atoms with Gasteiger partial charge in [0.05, 0.1) is 0 Å². The topological polar surface area (TPSA) is 4.93 Å². The standard InChI is InChI=1S/C6H8FN/c1-5-3-6(7)8(2)4-5/h3-4H,1-2H3. The number of halogens is 1. The van der Waals surface area contributed by atoms with Crippen LogP contribution in [0.1, 0.15) is 5.56 Å². The van der Waals surface area contributed by atoms with Crippen LogP contribution in [0.25, 0.3) is 0 Å². The van der Waals surface area contributed by atoms with Crippen LogP contribution in [0.2, 0.25) is 0 Å². The van der Waals surface area contributed by atoms with E-state index in [1.54, 1.807) is 13.2 Å². The fraction of sp³-hybridized carbons (Fsp3) is 0.333. The van der Waals surface area contributed by atoms with E-state index in [0.29, 0.717) is 0 Å². The van der Waals surface area contributed by atoms with Crippen LogP contribution in [-0.4, -0.2) is 4.57 Å². The molecule has 44 valence electrons. The number of nitrogens with zero attached hydrogens (tertiary/aromatic N) is 1. The van der Waals surface area contributed by atoms with E-state index in [9.17, 15) is 4.39 Å². The van der Waals surface area contributed by atoms with Crippen molar-refractivity contribution in [3.63, 3.8) is 0 Å². The van der Waals surface area contributed by atoms with Gasteiger partial charge in [0.25, 0.3) is 0 Å². The van der Waals surface area contributed by atoms with Crippen LogP contribution < -0.4 is 0 Å². The van der Waals surface area contributed by atoms with Gasteiger partial charge in [-0.2, -0.15) is 4.39 Å². The maximum Gasteiger partial charge on any atom is 0.193 e. The third-order valence-corrected chi connectivity index (χ3v) is 1.08. The van der Waals surface area contributed by atoms with Crippen LogP contribution in [0.4, 0.5) is 4.39 Å². The monoisotopic (exact) mass is 113 g/mol. The van der Waals surface area contributed by atoms with Crippen LogP contribution in [-0.2, 0) is 7.05 Å². The third kappa shape index (κ3) is 0.735. The number of aromatic nitrogens is 1. The van der Waals surface area contributed by atoms with Gasteiger partial charge in [-0.15, -0.1) is 0 Å². The second kappa shape index (κ2) is 1.62. The normalized spacial score (nSPS) is 9.88. The number of rotatable bonds is 0. The highest BCUT2D eigenvalue weighted by molar-refractivity contribution is 5.08. The summed E-state index contributed by atoms with van der Waals surface area (Å²) >= 11 is 0. The number of aryl methyl sites for hydroxylation is 2. The minimum Gasteiger partial charge on any atom is -0.328 e. The van der Waals surface area contributed by atoms with Gasteiger partial charge in [0, 0.05) is 13.2 Å². The summed E-state index contributed by atoms with van der Waals surface area (Å²) in [5, 5.41) is 0. The Balaban J connectivity index is 3.14. The van der Waals surface area contributed by atoms with Gasteiger partial charge in [0.2, 0.25) is 0 Å². The van der Waals surface area contributed by atoms with E-state index in [-0.39, 0.29) is 5.95 Å². The molecule has 0 bridgehead atoms. The molecular formula is C6H8FN. The molecule has 1 rings (SSSR count). The first-order valence-electron chi connectivity index (χ1n) is 2.48. The van der Waals surface area contributed by atoms with E-state index in [1.165, 1.54) is 10.6 Å². The Morgan fingerprint density at radius 1 is 1.62 bits per heavy atom. The molecule has 0 aliphatic rings. The molecule has 0 unspecified atom stereocenters. The average Bonchev–Trinajstić information content (AvgIpc) is 1.85. The van der Waals surface area contributed by atoms with Crippen LogP contribution >= 0.6 is 0 Å². The molecule has 0 radical (unpaired) electrons. The summed E-state index contributed by atoms with van der Waals surface area (Å²) in [6, 6.07) is 1.50. The summed E-state index contributed by atoms with van der Waals surface area (Å²) in [6.45, 7) is 1.86. The van der Waals surface area contributed by atoms with E-state index >= 15 is 0 Å². The molecule has 0 saturated carbocycles. The van der Waals surface area contributed by atoms with Gasteiger partial charge in [-0.25, -0.2) is 0 Å². The van der Waals surface area contributed by atoms with Crippen LogP contribution in [0.3, 0.4) is 0 Å². The molecule has 0 aliphatic heterocycles. The van der Waals surface area contributed by atoms with Crippen LogP contribution in [0, 0.1) is 12.9 Å². The summed E-state index contributed by atoms with van der Waals surface area (Å²) in [6.07, 6.45) is 1.75. The highest BCUT2D eigenvalue weighted by Gasteiger charge is 1.94. The molecule has 1 aromatic heterocycles. The average molecular weight is 113 g/mol. The van der Waals surface area contributed by atoms with Gasteiger partial charge in [-0.3, -0.25) is 0 Å². The predicted molar refractivity (Wildman–Crippen MR) is 30.1 cm³/mol. The Morgan fingerprint density at radius 3 is 2.38 bits per heavy atom. The maximum atomic E-state index is 12.3. The minimum atomic E-state index is -0.178. The Kier molecular flexibility index (Phi) is 1.08. The molecule has 0 N–H and O–H groups in total. The predicted octanol–water partition coefficient (Wildman–Crippen LogP) is 1.47. The molecule has 0 saturated heterocycles. The van der Waals surface area contributed by atoms with Crippen LogP contribution in [0.5, 0.6) is 0 Å². The van der Waals surface area contributed by atoms with Crippen molar-refractivity contribution < 1.29 is 4.39 Å². The van der Waals surface area contributed by atoms with Crippen molar-refractivity contribution in [2.24, 2.45) is 7.05 Å². The first-order chi connectivity index (χ1) is 3.70. The SMILES string of the molecule is Cc1cc(F)n(C)c1. The number of hydrogen-bond donors (Lipinski definition) is 0. The lowest BCUT2D eigenvalue weighted by Crippen LogP contribution is -1.86. The Hall–Kier alpha value is -0.790. The quantitative estimate of drug-likeness (QED) is 0.480. The first kappa shape index (κ1) is 5.35. The molecular weight excluding hydrogens is 105 g/mol. The molecule has 1 aromatic rings. The Morgan fingerprint density at radius 2 is 2.25 bits per heavy atom. The van der Waals surface area contributed by atoms with E-state index in [2.05, 4.69) is 0 Å². The number of hydrogen-bond acceptors (Lipinski definition) is 0. The molecule has 1 nitrogen and oxygen atoms in total. The molecule has 2 heteroatoms. The van der Waals surface area contributed by atoms with E-state index in [1.807, 2.05) is 6.92 Å². The van der Waals surface area contributed by atoms with Gasteiger partial charge < -0.3 is 4.57 Å². The largest absolute Gasteiger partial charge is 0.328 e. The Bertz CT molecular complexity index is 171. The second-order valence-corrected chi connectivity index (χ2v) is 1.95. The lowest BCUT2D eigenvalue weighted by molar-refractivity contribution is 0.535. The summed E-state index contributed by atoms with van der Waals surface area (Å²) in [5.74, 6) is -0.178. The zero-order chi connectivity index (χ0) is 6.15. The van der Waals surface area contributed by atoms with Crippen molar-refractivity contribution in [3.8, 4) is 0 Å². The van der Waals surface area contributed by atoms with Gasteiger partial charge in [0.15, 0.2) is 5.95 Å². The first-order valence-corrected chi connectivity index (χ1v) is 2.48. The van der Waals surface area contributed by atoms with Crippen molar-refractivity contribution in [1.82, 2.24) is 4.57 Å². The molecule has 0 aromatic carbocycles. The maximum absolute atomic E-state index is 12.3.